The molecule has 0 aromatic heterocycles. The Kier molecular flexibility index (Phi) is 5.69. The summed E-state index contributed by atoms with van der Waals surface area (Å²) >= 11 is 0. The van der Waals surface area contributed by atoms with Crippen LogP contribution in [0.4, 0.5) is 0 Å². The van der Waals surface area contributed by atoms with Crippen molar-refractivity contribution < 1.29 is 9.53 Å². The third-order valence-electron chi connectivity index (χ3n) is 3.25. The Morgan fingerprint density at radius 2 is 2.16 bits per heavy atom. The van der Waals surface area contributed by atoms with E-state index in [0.29, 0.717) is 13.0 Å². The van der Waals surface area contributed by atoms with Crippen LogP contribution in [-0.2, 0) is 4.79 Å². The first-order valence-corrected chi connectivity index (χ1v) is 7.02. The fourth-order valence-electron chi connectivity index (χ4n) is 2.22. The summed E-state index contributed by atoms with van der Waals surface area (Å²) in [5, 5.41) is 6.40. The van der Waals surface area contributed by atoms with Gasteiger partial charge in [-0.2, -0.15) is 0 Å². The predicted molar refractivity (Wildman–Crippen MR) is 75.2 cm³/mol. The number of hydrogen-bond donors (Lipinski definition) is 2. The Morgan fingerprint density at radius 1 is 1.32 bits per heavy atom. The molecule has 1 saturated heterocycles. The molecule has 0 saturated carbocycles. The van der Waals surface area contributed by atoms with Gasteiger partial charge in [0.1, 0.15) is 5.75 Å². The second-order valence-electron chi connectivity index (χ2n) is 4.88. The van der Waals surface area contributed by atoms with E-state index < -0.39 is 0 Å². The molecular weight excluding hydrogens is 240 g/mol. The standard InChI is InChI=1S/C15H22N2O2/c18-15(17-13-6-4-5-10-16-12-13)9-11-19-14-7-2-1-3-8-14/h1-3,7-8,13,16H,4-6,9-12H2,(H,17,18). The molecule has 104 valence electrons. The van der Waals surface area contributed by atoms with Crippen LogP contribution in [-0.4, -0.2) is 31.6 Å². The van der Waals surface area contributed by atoms with E-state index in [4.69, 9.17) is 4.74 Å². The maximum atomic E-state index is 11.8. The molecule has 1 aliphatic heterocycles. The van der Waals surface area contributed by atoms with Crippen LogP contribution in [0.25, 0.3) is 0 Å². The summed E-state index contributed by atoms with van der Waals surface area (Å²) in [6.07, 6.45) is 3.85. The number of rotatable bonds is 5. The average Bonchev–Trinajstić information content (AvgIpc) is 2.68. The number of amides is 1. The summed E-state index contributed by atoms with van der Waals surface area (Å²) in [6, 6.07) is 9.85. The van der Waals surface area contributed by atoms with Gasteiger partial charge in [0, 0.05) is 12.6 Å². The Bertz CT molecular complexity index is 373. The van der Waals surface area contributed by atoms with Crippen molar-refractivity contribution in [2.45, 2.75) is 31.7 Å². The molecule has 2 rings (SSSR count). The van der Waals surface area contributed by atoms with Crippen molar-refractivity contribution in [2.75, 3.05) is 19.7 Å². The molecule has 1 unspecified atom stereocenters. The van der Waals surface area contributed by atoms with Crippen molar-refractivity contribution in [3.63, 3.8) is 0 Å². The zero-order chi connectivity index (χ0) is 13.3. The minimum absolute atomic E-state index is 0.0737. The summed E-state index contributed by atoms with van der Waals surface area (Å²) in [7, 11) is 0. The lowest BCUT2D eigenvalue weighted by atomic mass is 10.1. The van der Waals surface area contributed by atoms with Crippen LogP contribution in [0.3, 0.4) is 0 Å². The van der Waals surface area contributed by atoms with E-state index in [1.165, 1.54) is 12.8 Å². The Hall–Kier alpha value is -1.55. The molecule has 2 N–H and O–H groups in total. The highest BCUT2D eigenvalue weighted by Crippen LogP contribution is 2.08. The predicted octanol–water partition coefficient (Wildman–Crippen LogP) is 1.71. The second-order valence-corrected chi connectivity index (χ2v) is 4.88. The Labute approximate surface area is 114 Å². The van der Waals surface area contributed by atoms with Gasteiger partial charge in [-0.1, -0.05) is 24.6 Å². The first-order chi connectivity index (χ1) is 9.34. The third kappa shape index (κ3) is 5.30. The molecule has 1 aliphatic rings. The summed E-state index contributed by atoms with van der Waals surface area (Å²) in [5.41, 5.74) is 0. The van der Waals surface area contributed by atoms with Crippen LogP contribution in [0.15, 0.2) is 30.3 Å². The summed E-state index contributed by atoms with van der Waals surface area (Å²) < 4.78 is 5.51. The summed E-state index contributed by atoms with van der Waals surface area (Å²) in [5.74, 6) is 0.885. The van der Waals surface area contributed by atoms with Crippen molar-refractivity contribution in [3.8, 4) is 5.75 Å². The molecule has 4 nitrogen and oxygen atoms in total. The minimum Gasteiger partial charge on any atom is -0.493 e. The van der Waals surface area contributed by atoms with Crippen LogP contribution in [0.1, 0.15) is 25.7 Å². The molecule has 1 fully saturated rings. The van der Waals surface area contributed by atoms with Crippen molar-refractivity contribution >= 4 is 5.91 Å². The molecule has 1 atom stereocenters. The Morgan fingerprint density at radius 3 is 3.00 bits per heavy atom. The SMILES string of the molecule is O=C(CCOc1ccccc1)NC1CCCCNC1. The number of carbonyl (C=O) groups is 1. The van der Waals surface area contributed by atoms with E-state index in [-0.39, 0.29) is 11.9 Å². The van der Waals surface area contributed by atoms with Crippen molar-refractivity contribution in [1.82, 2.24) is 10.6 Å². The molecule has 1 amide bonds. The fourth-order valence-corrected chi connectivity index (χ4v) is 2.22. The van der Waals surface area contributed by atoms with Gasteiger partial charge in [-0.15, -0.1) is 0 Å². The van der Waals surface area contributed by atoms with Gasteiger partial charge in [0.15, 0.2) is 0 Å². The van der Waals surface area contributed by atoms with Gasteiger partial charge in [-0.25, -0.2) is 0 Å². The maximum Gasteiger partial charge on any atom is 0.223 e. The number of para-hydroxylation sites is 1. The van der Waals surface area contributed by atoms with E-state index in [1.807, 2.05) is 30.3 Å². The summed E-state index contributed by atoms with van der Waals surface area (Å²) in [4.78, 5) is 11.8. The molecule has 4 heteroatoms. The molecular formula is C15H22N2O2. The van der Waals surface area contributed by atoms with Gasteiger partial charge >= 0.3 is 0 Å². The summed E-state index contributed by atoms with van der Waals surface area (Å²) in [6.45, 7) is 2.37. The minimum atomic E-state index is 0.0737. The molecule has 0 aliphatic carbocycles. The smallest absolute Gasteiger partial charge is 0.223 e. The molecule has 0 radical (unpaired) electrons. The van der Waals surface area contributed by atoms with Crippen LogP contribution < -0.4 is 15.4 Å². The van der Waals surface area contributed by atoms with E-state index in [9.17, 15) is 4.79 Å². The molecule has 1 aromatic carbocycles. The number of nitrogens with one attached hydrogen (secondary N) is 2. The van der Waals surface area contributed by atoms with E-state index in [2.05, 4.69) is 10.6 Å². The average molecular weight is 262 g/mol. The van der Waals surface area contributed by atoms with Crippen LogP contribution >= 0.6 is 0 Å². The van der Waals surface area contributed by atoms with Gasteiger partial charge in [-0.05, 0) is 31.5 Å². The molecule has 0 spiro atoms. The molecule has 1 heterocycles. The van der Waals surface area contributed by atoms with E-state index in [1.54, 1.807) is 0 Å². The lowest BCUT2D eigenvalue weighted by molar-refractivity contribution is -0.122. The van der Waals surface area contributed by atoms with Crippen molar-refractivity contribution in [2.24, 2.45) is 0 Å². The monoisotopic (exact) mass is 262 g/mol. The quantitative estimate of drug-likeness (QED) is 0.849. The zero-order valence-corrected chi connectivity index (χ0v) is 11.2. The van der Waals surface area contributed by atoms with Crippen molar-refractivity contribution in [1.29, 1.82) is 0 Å². The highest BCUT2D eigenvalue weighted by molar-refractivity contribution is 5.76. The topological polar surface area (TPSA) is 50.4 Å². The maximum absolute atomic E-state index is 11.8. The van der Waals surface area contributed by atoms with Gasteiger partial charge in [0.05, 0.1) is 13.0 Å². The number of carbonyl (C=O) groups excluding carboxylic acids is 1. The number of benzene rings is 1. The lowest BCUT2D eigenvalue weighted by Gasteiger charge is -2.16. The highest BCUT2D eigenvalue weighted by atomic mass is 16.5. The first kappa shape index (κ1) is 13.9. The van der Waals surface area contributed by atoms with Gasteiger partial charge in [0.2, 0.25) is 5.91 Å². The normalized spacial score (nSPS) is 19.5. The third-order valence-corrected chi connectivity index (χ3v) is 3.25. The van der Waals surface area contributed by atoms with Gasteiger partial charge in [-0.3, -0.25) is 4.79 Å². The largest absolute Gasteiger partial charge is 0.493 e. The van der Waals surface area contributed by atoms with Gasteiger partial charge < -0.3 is 15.4 Å². The molecule has 19 heavy (non-hydrogen) atoms. The Balaban J connectivity index is 1.64. The van der Waals surface area contributed by atoms with Crippen LogP contribution in [0.2, 0.25) is 0 Å². The van der Waals surface area contributed by atoms with Crippen LogP contribution in [0.5, 0.6) is 5.75 Å². The van der Waals surface area contributed by atoms with Gasteiger partial charge in [0.25, 0.3) is 0 Å². The number of hydrogen-bond acceptors (Lipinski definition) is 3. The fraction of sp³-hybridized carbons (Fsp3) is 0.533. The molecule has 0 bridgehead atoms. The molecule has 1 aromatic rings. The lowest BCUT2D eigenvalue weighted by Crippen LogP contribution is -2.41. The number of ether oxygens (including phenoxy) is 1. The first-order valence-electron chi connectivity index (χ1n) is 7.02. The zero-order valence-electron chi connectivity index (χ0n) is 11.2. The van der Waals surface area contributed by atoms with E-state index in [0.717, 1.165) is 25.3 Å². The van der Waals surface area contributed by atoms with Crippen LogP contribution in [0, 0.1) is 0 Å². The van der Waals surface area contributed by atoms with E-state index >= 15 is 0 Å². The highest BCUT2D eigenvalue weighted by Gasteiger charge is 2.14. The second kappa shape index (κ2) is 7.79. The van der Waals surface area contributed by atoms with Crippen molar-refractivity contribution in [3.05, 3.63) is 30.3 Å².